The van der Waals surface area contributed by atoms with Gasteiger partial charge >= 0.3 is 6.09 Å². The van der Waals surface area contributed by atoms with Gasteiger partial charge in [-0.3, -0.25) is 4.79 Å². The number of β-amino-alcohol motifs (C(OH)–C–C–N with tert-alkyl or cyclic N) is 1. The summed E-state index contributed by atoms with van der Waals surface area (Å²) >= 11 is 6.22. The summed E-state index contributed by atoms with van der Waals surface area (Å²) < 4.78 is 17.1. The molecule has 222 valence electrons. The highest BCUT2D eigenvalue weighted by Gasteiger charge is 2.46. The lowest BCUT2D eigenvalue weighted by atomic mass is 9.85. The maximum Gasteiger partial charge on any atom is 0.410 e. The van der Waals surface area contributed by atoms with Crippen LogP contribution in [0.3, 0.4) is 0 Å². The monoisotopic (exact) mass is 592 g/mol. The van der Waals surface area contributed by atoms with E-state index in [2.05, 4.69) is 0 Å². The highest BCUT2D eigenvalue weighted by molar-refractivity contribution is 6.30. The minimum atomic E-state index is -1.19. The zero-order chi connectivity index (χ0) is 30.4. The summed E-state index contributed by atoms with van der Waals surface area (Å²) in [6.07, 6.45) is -0.332. The number of nitrogens with zero attached hydrogens (tertiary/aromatic N) is 2. The number of likely N-dealkylation sites (tertiary alicyclic amines) is 1. The van der Waals surface area contributed by atoms with Crippen molar-refractivity contribution < 1.29 is 28.9 Å². The molecule has 8 nitrogen and oxygen atoms in total. The van der Waals surface area contributed by atoms with Crippen molar-refractivity contribution in [1.29, 1.82) is 0 Å². The molecule has 9 heteroatoms. The van der Waals surface area contributed by atoms with Gasteiger partial charge in [0.2, 0.25) is 5.91 Å². The molecule has 2 aliphatic rings. The largest absolute Gasteiger partial charge is 0.493 e. The van der Waals surface area contributed by atoms with Crippen LogP contribution in [0.5, 0.6) is 11.5 Å². The average molecular weight is 593 g/mol. The van der Waals surface area contributed by atoms with Crippen LogP contribution in [0.4, 0.5) is 10.5 Å². The Morgan fingerprint density at radius 3 is 2.24 bits per heavy atom. The molecule has 0 bridgehead atoms. The molecule has 5 rings (SSSR count). The fourth-order valence-electron chi connectivity index (χ4n) is 5.48. The first-order valence-electron chi connectivity index (χ1n) is 14.0. The van der Waals surface area contributed by atoms with E-state index in [9.17, 15) is 14.7 Å². The molecule has 1 saturated heterocycles. The summed E-state index contributed by atoms with van der Waals surface area (Å²) in [5.74, 6) is 1.11. The second-order valence-electron chi connectivity index (χ2n) is 12.2. The van der Waals surface area contributed by atoms with Crippen molar-refractivity contribution in [3.8, 4) is 11.5 Å². The van der Waals surface area contributed by atoms with E-state index in [4.69, 9.17) is 25.8 Å². The predicted octanol–water partition coefficient (Wildman–Crippen LogP) is 6.25. The molecule has 3 aromatic carbocycles. The molecular weight excluding hydrogens is 556 g/mol. The van der Waals surface area contributed by atoms with Gasteiger partial charge in [0.25, 0.3) is 0 Å². The van der Waals surface area contributed by atoms with E-state index in [1.807, 2.05) is 95.3 Å². The number of hydrogen-bond acceptors (Lipinski definition) is 6. The number of carbonyl (C=O) groups excluding carboxylic acids is 2. The molecule has 42 heavy (non-hydrogen) atoms. The average Bonchev–Trinajstić information content (AvgIpc) is 2.90. The van der Waals surface area contributed by atoms with Crippen molar-refractivity contribution in [3.05, 3.63) is 87.9 Å². The summed E-state index contributed by atoms with van der Waals surface area (Å²) in [5.41, 5.74) is 2.24. The molecule has 0 unspecified atom stereocenters. The van der Waals surface area contributed by atoms with E-state index in [-0.39, 0.29) is 31.5 Å². The first-order valence-corrected chi connectivity index (χ1v) is 14.4. The van der Waals surface area contributed by atoms with Gasteiger partial charge in [0.15, 0.2) is 11.5 Å². The van der Waals surface area contributed by atoms with Gasteiger partial charge < -0.3 is 29.1 Å². The van der Waals surface area contributed by atoms with Crippen LogP contribution in [0.1, 0.15) is 62.9 Å². The highest BCUT2D eigenvalue weighted by atomic mass is 35.5. The Balaban J connectivity index is 1.48. The molecule has 0 aliphatic carbocycles. The number of amides is 2. The third kappa shape index (κ3) is 5.92. The van der Waals surface area contributed by atoms with Gasteiger partial charge in [0.1, 0.15) is 11.2 Å². The van der Waals surface area contributed by atoms with E-state index in [0.29, 0.717) is 27.8 Å². The van der Waals surface area contributed by atoms with E-state index >= 15 is 0 Å². The van der Waals surface area contributed by atoms with Crippen LogP contribution >= 0.6 is 11.6 Å². The van der Waals surface area contributed by atoms with Gasteiger partial charge in [-0.2, -0.15) is 0 Å². The Labute approximate surface area is 251 Å². The van der Waals surface area contributed by atoms with Crippen molar-refractivity contribution in [2.75, 3.05) is 25.1 Å². The smallest absolute Gasteiger partial charge is 0.410 e. The lowest BCUT2D eigenvalue weighted by Gasteiger charge is -2.46. The number of ether oxygens (including phenoxy) is 3. The normalized spacial score (nSPS) is 17.9. The molecule has 0 spiro atoms. The summed E-state index contributed by atoms with van der Waals surface area (Å²) in [7, 11) is 1.59. The molecule has 0 saturated carbocycles. The van der Waals surface area contributed by atoms with E-state index < -0.39 is 23.3 Å². The number of fused-ring (bicyclic) bond motifs is 1. The number of benzene rings is 3. The molecule has 1 N–H and O–H groups in total. The number of carbonyl (C=O) groups is 2. The molecule has 0 radical (unpaired) electrons. The first-order chi connectivity index (χ1) is 19.8. The Morgan fingerprint density at radius 2 is 1.67 bits per heavy atom. The minimum Gasteiger partial charge on any atom is -0.493 e. The summed E-state index contributed by atoms with van der Waals surface area (Å²) in [6, 6.07) is 18.2. The molecule has 2 aliphatic heterocycles. The quantitative estimate of drug-likeness (QED) is 0.364. The third-order valence-corrected chi connectivity index (χ3v) is 7.63. The lowest BCUT2D eigenvalue weighted by molar-refractivity contribution is -0.118. The van der Waals surface area contributed by atoms with Crippen LogP contribution in [-0.2, 0) is 21.6 Å². The van der Waals surface area contributed by atoms with Crippen LogP contribution in [0, 0.1) is 0 Å². The second kappa shape index (κ2) is 11.2. The number of hydrogen-bond donors (Lipinski definition) is 1. The number of halogens is 1. The SMILES string of the molecule is COc1cc2c(cc1OC(C)C)[C@H](c1ccc(Cl)cc1)N(c1ccc(C3(O)CN(C(=O)OC(C)(C)C)C3)cc1)C(=O)C2. The van der Waals surface area contributed by atoms with Crippen molar-refractivity contribution in [3.63, 3.8) is 0 Å². The van der Waals surface area contributed by atoms with Crippen molar-refractivity contribution >= 4 is 29.3 Å². The molecule has 2 amide bonds. The van der Waals surface area contributed by atoms with Crippen molar-refractivity contribution in [2.24, 2.45) is 0 Å². The topological polar surface area (TPSA) is 88.5 Å². The van der Waals surface area contributed by atoms with E-state index in [0.717, 1.165) is 16.7 Å². The minimum absolute atomic E-state index is 0.0663. The van der Waals surface area contributed by atoms with Gasteiger partial charge in [0.05, 0.1) is 38.8 Å². The zero-order valence-electron chi connectivity index (χ0n) is 24.8. The van der Waals surface area contributed by atoms with Gasteiger partial charge in [-0.1, -0.05) is 35.9 Å². The van der Waals surface area contributed by atoms with Crippen LogP contribution in [-0.4, -0.2) is 53.9 Å². The third-order valence-electron chi connectivity index (χ3n) is 7.38. The number of anilines is 1. The van der Waals surface area contributed by atoms with Crippen molar-refractivity contribution in [2.45, 2.75) is 64.4 Å². The maximum atomic E-state index is 13.8. The van der Waals surface area contributed by atoms with E-state index in [1.165, 1.54) is 4.90 Å². The Bertz CT molecular complexity index is 1470. The van der Waals surface area contributed by atoms with Crippen LogP contribution in [0.2, 0.25) is 5.02 Å². The van der Waals surface area contributed by atoms with Crippen LogP contribution in [0.25, 0.3) is 0 Å². The Kier molecular flexibility index (Phi) is 7.89. The summed E-state index contributed by atoms with van der Waals surface area (Å²) in [4.78, 5) is 29.4. The highest BCUT2D eigenvalue weighted by Crippen LogP contribution is 2.44. The molecule has 1 atom stereocenters. The first kappa shape index (κ1) is 29.7. The summed E-state index contributed by atoms with van der Waals surface area (Å²) in [6.45, 7) is 9.59. The Morgan fingerprint density at radius 1 is 1.02 bits per heavy atom. The Hall–Kier alpha value is -3.75. The standard InChI is InChI=1S/C33H37ClN2O6/c1-20(2)41-28-17-26-22(15-27(28)40-6)16-29(37)36(30(26)21-7-11-24(34)12-8-21)25-13-9-23(10-14-25)33(39)18-35(19-33)31(38)42-32(3,4)5/h7-15,17,20,30,39H,16,18-19H2,1-6H3/t30-/m0/s1. The van der Waals surface area contributed by atoms with Crippen LogP contribution in [0.15, 0.2) is 60.7 Å². The van der Waals surface area contributed by atoms with Crippen LogP contribution < -0.4 is 14.4 Å². The molecule has 0 aromatic heterocycles. The summed E-state index contributed by atoms with van der Waals surface area (Å²) in [5, 5.41) is 11.8. The fraction of sp³-hybridized carbons (Fsp3) is 0.394. The number of methoxy groups -OCH3 is 1. The lowest BCUT2D eigenvalue weighted by Crippen LogP contribution is -2.61. The van der Waals surface area contributed by atoms with Gasteiger partial charge in [-0.15, -0.1) is 0 Å². The molecule has 2 heterocycles. The number of aliphatic hydroxyl groups is 1. The molecule has 3 aromatic rings. The fourth-order valence-corrected chi connectivity index (χ4v) is 5.61. The maximum absolute atomic E-state index is 13.8. The van der Waals surface area contributed by atoms with Gasteiger partial charge in [-0.25, -0.2) is 4.79 Å². The molecular formula is C33H37ClN2O6. The zero-order valence-corrected chi connectivity index (χ0v) is 25.6. The van der Waals surface area contributed by atoms with E-state index in [1.54, 1.807) is 12.0 Å². The number of rotatable bonds is 6. The molecule has 1 fully saturated rings. The van der Waals surface area contributed by atoms with Crippen molar-refractivity contribution in [1.82, 2.24) is 4.90 Å². The predicted molar refractivity (Wildman–Crippen MR) is 161 cm³/mol. The van der Waals surface area contributed by atoms with Gasteiger partial charge in [-0.05, 0) is 93.3 Å². The second-order valence-corrected chi connectivity index (χ2v) is 12.6. The van der Waals surface area contributed by atoms with Gasteiger partial charge in [0, 0.05) is 10.7 Å².